The highest BCUT2D eigenvalue weighted by Crippen LogP contribution is 2.19. The number of ether oxygens (including phenoxy) is 1. The molecule has 0 bridgehead atoms. The van der Waals surface area contributed by atoms with Crippen LogP contribution in [0.25, 0.3) is 0 Å². The Kier molecular flexibility index (Phi) is 5.00. The maximum absolute atomic E-state index is 12.1. The number of nitrogens with one attached hydrogen (secondary N) is 2. The second-order valence-electron chi connectivity index (χ2n) is 4.33. The van der Waals surface area contributed by atoms with Crippen LogP contribution >= 0.6 is 11.6 Å². The van der Waals surface area contributed by atoms with Crippen molar-refractivity contribution in [1.82, 2.24) is 10.4 Å². The fraction of sp³-hybridized carbons (Fsp3) is 0.200. The number of hydrogen-bond donors (Lipinski definition) is 2. The van der Waals surface area contributed by atoms with Gasteiger partial charge in [-0.1, -0.05) is 17.7 Å². The fourth-order valence-electron chi connectivity index (χ4n) is 1.68. The van der Waals surface area contributed by atoms with Gasteiger partial charge in [-0.05, 0) is 43.7 Å². The highest BCUT2D eigenvalue weighted by molar-refractivity contribution is 6.31. The number of benzene rings is 1. The molecule has 0 aliphatic rings. The number of aromatic nitrogens is 1. The van der Waals surface area contributed by atoms with Gasteiger partial charge in [-0.2, -0.15) is 0 Å². The lowest BCUT2D eigenvalue weighted by Gasteiger charge is -2.11. The van der Waals surface area contributed by atoms with Crippen molar-refractivity contribution in [2.24, 2.45) is 0 Å². The monoisotopic (exact) mass is 305 g/mol. The minimum atomic E-state index is -0.330. The van der Waals surface area contributed by atoms with Gasteiger partial charge in [0.15, 0.2) is 0 Å². The normalized spacial score (nSPS) is 10.0. The third kappa shape index (κ3) is 3.86. The van der Waals surface area contributed by atoms with Crippen molar-refractivity contribution in [2.75, 3.05) is 12.0 Å². The van der Waals surface area contributed by atoms with E-state index in [-0.39, 0.29) is 5.91 Å². The van der Waals surface area contributed by atoms with Crippen LogP contribution in [0.2, 0.25) is 5.02 Å². The number of rotatable bonds is 5. The zero-order valence-corrected chi connectivity index (χ0v) is 12.6. The molecule has 21 heavy (non-hydrogen) atoms. The van der Waals surface area contributed by atoms with Gasteiger partial charge in [-0.15, -0.1) is 0 Å². The standard InChI is InChI=1S/C15H16ClN3O2/c1-3-21-15-12(5-4-8-17-15)14(20)19-18-11-7-6-10(2)13(16)9-11/h4-9,18H,3H2,1-2H3,(H,19,20). The predicted octanol–water partition coefficient (Wildman–Crippen LogP) is 3.20. The summed E-state index contributed by atoms with van der Waals surface area (Å²) in [7, 11) is 0. The summed E-state index contributed by atoms with van der Waals surface area (Å²) in [5.41, 5.74) is 7.44. The quantitative estimate of drug-likeness (QED) is 0.833. The molecule has 0 aliphatic heterocycles. The van der Waals surface area contributed by atoms with E-state index in [1.165, 1.54) is 0 Å². The number of carbonyl (C=O) groups excluding carboxylic acids is 1. The molecule has 110 valence electrons. The summed E-state index contributed by atoms with van der Waals surface area (Å²) in [4.78, 5) is 16.2. The Morgan fingerprint density at radius 2 is 2.19 bits per heavy atom. The van der Waals surface area contributed by atoms with Crippen LogP contribution in [0.5, 0.6) is 5.88 Å². The van der Waals surface area contributed by atoms with Gasteiger partial charge < -0.3 is 4.74 Å². The molecule has 0 saturated heterocycles. The molecule has 2 aromatic rings. The molecule has 0 aliphatic carbocycles. The number of aryl methyl sites for hydroxylation is 1. The first-order valence-corrected chi connectivity index (χ1v) is 6.90. The van der Waals surface area contributed by atoms with Crippen LogP contribution in [0.15, 0.2) is 36.5 Å². The average Bonchev–Trinajstić information content (AvgIpc) is 2.49. The van der Waals surface area contributed by atoms with Crippen molar-refractivity contribution in [3.63, 3.8) is 0 Å². The van der Waals surface area contributed by atoms with Gasteiger partial charge in [0, 0.05) is 11.2 Å². The van der Waals surface area contributed by atoms with Crippen molar-refractivity contribution >= 4 is 23.2 Å². The first-order chi connectivity index (χ1) is 10.1. The fourth-order valence-corrected chi connectivity index (χ4v) is 1.86. The lowest BCUT2D eigenvalue weighted by Crippen LogP contribution is -2.29. The molecule has 0 spiro atoms. The Balaban J connectivity index is 2.06. The van der Waals surface area contributed by atoms with Crippen molar-refractivity contribution in [3.8, 4) is 5.88 Å². The first kappa shape index (κ1) is 15.1. The van der Waals surface area contributed by atoms with Crippen LogP contribution in [0.4, 0.5) is 5.69 Å². The van der Waals surface area contributed by atoms with E-state index >= 15 is 0 Å². The molecule has 1 amide bonds. The number of pyridine rings is 1. The second kappa shape index (κ2) is 6.95. The van der Waals surface area contributed by atoms with E-state index in [1.807, 2.05) is 26.0 Å². The highest BCUT2D eigenvalue weighted by Gasteiger charge is 2.12. The van der Waals surface area contributed by atoms with Crippen LogP contribution in [-0.4, -0.2) is 17.5 Å². The Hall–Kier alpha value is -2.27. The zero-order valence-electron chi connectivity index (χ0n) is 11.8. The van der Waals surface area contributed by atoms with E-state index in [2.05, 4.69) is 15.8 Å². The maximum Gasteiger partial charge on any atom is 0.275 e. The van der Waals surface area contributed by atoms with E-state index in [0.29, 0.717) is 28.8 Å². The number of nitrogens with zero attached hydrogens (tertiary/aromatic N) is 1. The Morgan fingerprint density at radius 3 is 2.90 bits per heavy atom. The smallest absolute Gasteiger partial charge is 0.275 e. The molecule has 0 saturated carbocycles. The Morgan fingerprint density at radius 1 is 1.38 bits per heavy atom. The molecule has 0 radical (unpaired) electrons. The van der Waals surface area contributed by atoms with Crippen LogP contribution in [-0.2, 0) is 0 Å². The molecular formula is C15H16ClN3O2. The van der Waals surface area contributed by atoms with Crippen LogP contribution in [0.3, 0.4) is 0 Å². The largest absolute Gasteiger partial charge is 0.477 e. The number of carbonyl (C=O) groups is 1. The zero-order chi connectivity index (χ0) is 15.2. The van der Waals surface area contributed by atoms with Crippen LogP contribution in [0.1, 0.15) is 22.8 Å². The van der Waals surface area contributed by atoms with Gasteiger partial charge in [0.2, 0.25) is 5.88 Å². The van der Waals surface area contributed by atoms with Crippen LogP contribution < -0.4 is 15.6 Å². The summed E-state index contributed by atoms with van der Waals surface area (Å²) in [6.45, 7) is 4.19. The molecule has 6 heteroatoms. The third-order valence-electron chi connectivity index (χ3n) is 2.79. The summed E-state index contributed by atoms with van der Waals surface area (Å²) < 4.78 is 5.32. The molecule has 0 unspecified atom stereocenters. The van der Waals surface area contributed by atoms with Gasteiger partial charge in [-0.25, -0.2) is 4.98 Å². The maximum atomic E-state index is 12.1. The van der Waals surface area contributed by atoms with E-state index in [1.54, 1.807) is 24.4 Å². The molecule has 5 nitrogen and oxygen atoms in total. The average molecular weight is 306 g/mol. The molecule has 0 fully saturated rings. The number of halogens is 1. The molecular weight excluding hydrogens is 290 g/mol. The molecule has 1 heterocycles. The van der Waals surface area contributed by atoms with E-state index in [4.69, 9.17) is 16.3 Å². The molecule has 2 rings (SSSR count). The van der Waals surface area contributed by atoms with Crippen LogP contribution in [0, 0.1) is 6.92 Å². The van der Waals surface area contributed by atoms with Gasteiger partial charge in [0.1, 0.15) is 5.56 Å². The minimum absolute atomic E-state index is 0.307. The first-order valence-electron chi connectivity index (χ1n) is 6.52. The Labute approximate surface area is 128 Å². The molecule has 1 aromatic carbocycles. The molecule has 1 aromatic heterocycles. The van der Waals surface area contributed by atoms with E-state index in [9.17, 15) is 4.79 Å². The molecule has 0 atom stereocenters. The van der Waals surface area contributed by atoms with Gasteiger partial charge in [0.25, 0.3) is 5.91 Å². The second-order valence-corrected chi connectivity index (χ2v) is 4.74. The SMILES string of the molecule is CCOc1ncccc1C(=O)NNc1ccc(C)c(Cl)c1. The number of hydrogen-bond acceptors (Lipinski definition) is 4. The molecule has 2 N–H and O–H groups in total. The van der Waals surface area contributed by atoms with E-state index < -0.39 is 0 Å². The summed E-state index contributed by atoms with van der Waals surface area (Å²) in [6.07, 6.45) is 1.58. The van der Waals surface area contributed by atoms with Gasteiger partial charge in [0.05, 0.1) is 12.3 Å². The minimum Gasteiger partial charge on any atom is -0.477 e. The van der Waals surface area contributed by atoms with Crippen molar-refractivity contribution in [3.05, 3.63) is 52.7 Å². The lowest BCUT2D eigenvalue weighted by molar-refractivity contribution is 0.0958. The van der Waals surface area contributed by atoms with Gasteiger partial charge >= 0.3 is 0 Å². The third-order valence-corrected chi connectivity index (χ3v) is 3.20. The predicted molar refractivity (Wildman–Crippen MR) is 82.7 cm³/mol. The number of anilines is 1. The summed E-state index contributed by atoms with van der Waals surface area (Å²) >= 11 is 6.03. The van der Waals surface area contributed by atoms with Gasteiger partial charge in [-0.3, -0.25) is 15.6 Å². The highest BCUT2D eigenvalue weighted by atomic mass is 35.5. The lowest BCUT2D eigenvalue weighted by atomic mass is 10.2. The summed E-state index contributed by atoms with van der Waals surface area (Å²) in [6, 6.07) is 8.77. The Bertz CT molecular complexity index is 647. The van der Waals surface area contributed by atoms with Crippen molar-refractivity contribution < 1.29 is 9.53 Å². The van der Waals surface area contributed by atoms with E-state index in [0.717, 1.165) is 5.56 Å². The topological polar surface area (TPSA) is 63.2 Å². The summed E-state index contributed by atoms with van der Waals surface area (Å²) in [5.74, 6) is -0.0236. The van der Waals surface area contributed by atoms with Crippen molar-refractivity contribution in [1.29, 1.82) is 0 Å². The summed E-state index contributed by atoms with van der Waals surface area (Å²) in [5, 5.41) is 0.630. The van der Waals surface area contributed by atoms with Crippen molar-refractivity contribution in [2.45, 2.75) is 13.8 Å². The number of amides is 1. The number of hydrazine groups is 1.